The number of carbonyl (C=O) groups excluding carboxylic acids is 4. The van der Waals surface area contributed by atoms with Crippen LogP contribution < -0.4 is 9.64 Å². The van der Waals surface area contributed by atoms with E-state index in [4.69, 9.17) is 26.4 Å². The van der Waals surface area contributed by atoms with Crippen LogP contribution in [0.2, 0.25) is 0 Å². The Kier molecular flexibility index (Phi) is 10.6. The summed E-state index contributed by atoms with van der Waals surface area (Å²) in [6.45, 7) is 6.68. The number of aliphatic hydroxyl groups excluding tert-OH is 1. The van der Waals surface area contributed by atoms with Crippen molar-refractivity contribution in [1.29, 1.82) is 0 Å². The van der Waals surface area contributed by atoms with Crippen LogP contribution in [-0.2, 0) is 28.7 Å². The van der Waals surface area contributed by atoms with Crippen molar-refractivity contribution in [2.75, 3.05) is 37.7 Å². The van der Waals surface area contributed by atoms with Crippen LogP contribution in [0.4, 0.5) is 5.69 Å². The molecule has 1 atom stereocenters. The SMILES string of the molecule is C=CC(=O)OCC(O)COC(=O)CN1C(=C2C(=O)N(CCCC)C(=S)N(CCCC)C2=O)Oc2ccccc21. The first-order valence-electron chi connectivity index (χ1n) is 12.8. The van der Waals surface area contributed by atoms with Crippen molar-refractivity contribution >= 4 is 46.8 Å². The molecule has 0 aromatic heterocycles. The highest BCUT2D eigenvalue weighted by Crippen LogP contribution is 2.40. The van der Waals surface area contributed by atoms with E-state index in [1.807, 2.05) is 13.8 Å². The lowest BCUT2D eigenvalue weighted by molar-refractivity contribution is -0.149. The first-order valence-corrected chi connectivity index (χ1v) is 13.2. The molecule has 1 N–H and O–H groups in total. The maximum Gasteiger partial charge on any atom is 0.330 e. The van der Waals surface area contributed by atoms with Crippen molar-refractivity contribution in [3.05, 3.63) is 48.4 Å². The highest BCUT2D eigenvalue weighted by atomic mass is 32.1. The van der Waals surface area contributed by atoms with Gasteiger partial charge < -0.3 is 19.3 Å². The standard InChI is InChI=1S/C27H33N3O8S/c1-4-7-13-28-24(34)23(25(35)29(27(28)39)14-8-5-2)26-30(19-11-9-10-12-20(19)38-26)15-22(33)37-17-18(31)16-36-21(32)6-3/h6,9-12,18,31H,3-5,7-8,13-17H2,1-2H3. The first-order chi connectivity index (χ1) is 18.7. The number of aliphatic hydroxyl groups is 1. The number of hydrogen-bond acceptors (Lipinski definition) is 10. The van der Waals surface area contributed by atoms with Crippen LogP contribution in [0.1, 0.15) is 39.5 Å². The Bertz CT molecular complexity index is 1140. The summed E-state index contributed by atoms with van der Waals surface area (Å²) < 4.78 is 15.9. The number of anilines is 1. The number of hydrogen-bond donors (Lipinski definition) is 1. The molecule has 2 amide bonds. The van der Waals surface area contributed by atoms with E-state index in [1.165, 1.54) is 14.7 Å². The minimum absolute atomic E-state index is 0.0888. The fraction of sp³-hybridized carbons (Fsp3) is 0.444. The van der Waals surface area contributed by atoms with Crippen LogP contribution in [0.25, 0.3) is 0 Å². The summed E-state index contributed by atoms with van der Waals surface area (Å²) in [5.74, 6) is -2.39. The molecule has 0 saturated carbocycles. The number of rotatable bonds is 13. The van der Waals surface area contributed by atoms with Crippen LogP contribution in [0.15, 0.2) is 48.4 Å². The number of thiocarbonyl (C=S) groups is 1. The molecule has 12 heteroatoms. The van der Waals surface area contributed by atoms with Gasteiger partial charge in [-0.25, -0.2) is 4.79 Å². The van der Waals surface area contributed by atoms with Gasteiger partial charge in [-0.3, -0.25) is 29.1 Å². The largest absolute Gasteiger partial charge is 0.461 e. The van der Waals surface area contributed by atoms with Gasteiger partial charge in [0.15, 0.2) is 16.4 Å². The first kappa shape index (κ1) is 29.8. The van der Waals surface area contributed by atoms with Gasteiger partial charge >= 0.3 is 11.9 Å². The summed E-state index contributed by atoms with van der Waals surface area (Å²) in [4.78, 5) is 55.4. The number of para-hydroxylation sites is 2. The molecule has 1 aromatic carbocycles. The number of unbranched alkanes of at least 4 members (excludes halogenated alkanes) is 2. The van der Waals surface area contributed by atoms with E-state index in [-0.39, 0.29) is 23.2 Å². The van der Waals surface area contributed by atoms with E-state index in [9.17, 15) is 24.3 Å². The number of benzene rings is 1. The molecule has 1 unspecified atom stereocenters. The predicted octanol–water partition coefficient (Wildman–Crippen LogP) is 2.29. The molecule has 0 bridgehead atoms. The predicted molar refractivity (Wildman–Crippen MR) is 145 cm³/mol. The van der Waals surface area contributed by atoms with Crippen LogP contribution in [0.3, 0.4) is 0 Å². The maximum atomic E-state index is 13.6. The number of carbonyl (C=O) groups is 4. The second-order valence-corrected chi connectivity index (χ2v) is 9.28. The average molecular weight is 560 g/mol. The normalized spacial score (nSPS) is 15.8. The zero-order chi connectivity index (χ0) is 28.5. The van der Waals surface area contributed by atoms with Gasteiger partial charge in [-0.05, 0) is 37.2 Å². The van der Waals surface area contributed by atoms with Crippen molar-refractivity contribution in [1.82, 2.24) is 9.80 Å². The summed E-state index contributed by atoms with van der Waals surface area (Å²) in [6, 6.07) is 6.80. The Hall–Kier alpha value is -3.77. The Morgan fingerprint density at radius 1 is 1.03 bits per heavy atom. The van der Waals surface area contributed by atoms with Crippen molar-refractivity contribution in [3.8, 4) is 5.75 Å². The summed E-state index contributed by atoms with van der Waals surface area (Å²) in [7, 11) is 0. The molecule has 1 saturated heterocycles. The monoisotopic (exact) mass is 559 g/mol. The van der Waals surface area contributed by atoms with Gasteiger partial charge in [-0.2, -0.15) is 0 Å². The van der Waals surface area contributed by atoms with Crippen molar-refractivity contribution in [3.63, 3.8) is 0 Å². The van der Waals surface area contributed by atoms with Crippen molar-refractivity contribution in [2.45, 2.75) is 45.6 Å². The van der Waals surface area contributed by atoms with E-state index in [0.29, 0.717) is 37.4 Å². The van der Waals surface area contributed by atoms with Crippen LogP contribution in [-0.4, -0.2) is 82.7 Å². The third-order valence-corrected chi connectivity index (χ3v) is 6.42. The zero-order valence-corrected chi connectivity index (χ0v) is 22.9. The smallest absolute Gasteiger partial charge is 0.330 e. The van der Waals surface area contributed by atoms with Crippen molar-refractivity contribution < 1.29 is 38.5 Å². The highest BCUT2D eigenvalue weighted by molar-refractivity contribution is 7.80. The summed E-state index contributed by atoms with van der Waals surface area (Å²) >= 11 is 5.53. The Morgan fingerprint density at radius 2 is 1.62 bits per heavy atom. The molecule has 2 aliphatic heterocycles. The molecule has 0 radical (unpaired) electrons. The molecule has 39 heavy (non-hydrogen) atoms. The quantitative estimate of drug-likeness (QED) is 0.167. The minimum atomic E-state index is -1.25. The van der Waals surface area contributed by atoms with Gasteiger partial charge in [-0.1, -0.05) is 45.4 Å². The zero-order valence-electron chi connectivity index (χ0n) is 22.1. The van der Waals surface area contributed by atoms with E-state index in [0.717, 1.165) is 18.9 Å². The maximum absolute atomic E-state index is 13.6. The fourth-order valence-electron chi connectivity index (χ4n) is 3.92. The molecule has 0 spiro atoms. The Morgan fingerprint density at radius 3 is 2.21 bits per heavy atom. The lowest BCUT2D eigenvalue weighted by Gasteiger charge is -2.37. The summed E-state index contributed by atoms with van der Waals surface area (Å²) in [6.07, 6.45) is 2.71. The average Bonchev–Trinajstić information content (AvgIpc) is 3.28. The summed E-state index contributed by atoms with van der Waals surface area (Å²) in [5.41, 5.74) is 0.238. The van der Waals surface area contributed by atoms with Gasteiger partial charge in [0.2, 0.25) is 5.88 Å². The molecule has 210 valence electrons. The fourth-order valence-corrected chi connectivity index (χ4v) is 4.27. The molecular formula is C27H33N3O8S. The number of esters is 2. The number of amides is 2. The highest BCUT2D eigenvalue weighted by Gasteiger charge is 2.45. The van der Waals surface area contributed by atoms with Crippen LogP contribution in [0.5, 0.6) is 5.75 Å². The molecule has 0 aliphatic carbocycles. The lowest BCUT2D eigenvalue weighted by atomic mass is 10.1. The second-order valence-electron chi connectivity index (χ2n) is 8.91. The van der Waals surface area contributed by atoms with Crippen molar-refractivity contribution in [2.24, 2.45) is 0 Å². The minimum Gasteiger partial charge on any atom is -0.461 e. The summed E-state index contributed by atoms with van der Waals surface area (Å²) in [5, 5.41) is 10.1. The second kappa shape index (κ2) is 13.9. The topological polar surface area (TPSA) is 126 Å². The molecule has 1 fully saturated rings. The number of nitrogens with zero attached hydrogens (tertiary/aromatic N) is 3. The third kappa shape index (κ3) is 7.01. The number of ether oxygens (including phenoxy) is 3. The van der Waals surface area contributed by atoms with Gasteiger partial charge in [0.25, 0.3) is 11.8 Å². The van der Waals surface area contributed by atoms with Crippen LogP contribution in [0, 0.1) is 0 Å². The Labute approximate surface area is 232 Å². The van der Waals surface area contributed by atoms with E-state index in [1.54, 1.807) is 24.3 Å². The molecular weight excluding hydrogens is 526 g/mol. The third-order valence-electron chi connectivity index (χ3n) is 5.98. The molecule has 1 aromatic rings. The van der Waals surface area contributed by atoms with E-state index in [2.05, 4.69) is 6.58 Å². The lowest BCUT2D eigenvalue weighted by Crippen LogP contribution is -2.57. The molecule has 2 aliphatic rings. The van der Waals surface area contributed by atoms with Gasteiger partial charge in [0.1, 0.15) is 25.9 Å². The van der Waals surface area contributed by atoms with Gasteiger partial charge in [0, 0.05) is 19.2 Å². The van der Waals surface area contributed by atoms with Crippen LogP contribution >= 0.6 is 12.2 Å². The van der Waals surface area contributed by atoms with Gasteiger partial charge in [0.05, 0.1) is 5.69 Å². The van der Waals surface area contributed by atoms with E-state index >= 15 is 0 Å². The molecule has 2 heterocycles. The number of fused-ring (bicyclic) bond motifs is 1. The van der Waals surface area contributed by atoms with Gasteiger partial charge in [-0.15, -0.1) is 0 Å². The molecule has 3 rings (SSSR count). The van der Waals surface area contributed by atoms with E-state index < -0.39 is 43.0 Å². The molecule has 11 nitrogen and oxygen atoms in total. The Balaban J connectivity index is 1.90.